The number of halogens is 1. The molecule has 2 N–H and O–H groups in total. The van der Waals surface area contributed by atoms with Crippen LogP contribution in [0.4, 0.5) is 0 Å². The van der Waals surface area contributed by atoms with E-state index in [0.29, 0.717) is 16.3 Å². The Bertz CT molecular complexity index is 1420. The number of hydrogen-bond acceptors (Lipinski definition) is 7. The van der Waals surface area contributed by atoms with Crippen LogP contribution in [0.3, 0.4) is 0 Å². The van der Waals surface area contributed by atoms with Gasteiger partial charge in [-0.05, 0) is 34.8 Å². The highest BCUT2D eigenvalue weighted by Crippen LogP contribution is 2.27. The third-order valence-corrected chi connectivity index (χ3v) is 7.77. The van der Waals surface area contributed by atoms with Crippen LogP contribution in [0.2, 0.25) is 5.02 Å². The van der Waals surface area contributed by atoms with Crippen molar-refractivity contribution >= 4 is 41.4 Å². The number of nitrogens with one attached hydrogen (secondary N) is 2. The lowest BCUT2D eigenvalue weighted by molar-refractivity contribution is -0.176. The summed E-state index contributed by atoms with van der Waals surface area (Å²) < 4.78 is 16.9. The Morgan fingerprint density at radius 1 is 1.04 bits per heavy atom. The van der Waals surface area contributed by atoms with Gasteiger partial charge >= 0.3 is 11.9 Å². The van der Waals surface area contributed by atoms with E-state index in [-0.39, 0.29) is 37.1 Å². The molecule has 0 bridgehead atoms. The van der Waals surface area contributed by atoms with Crippen LogP contribution in [0.15, 0.2) is 66.8 Å². The van der Waals surface area contributed by atoms with Gasteiger partial charge in [0.15, 0.2) is 6.10 Å². The van der Waals surface area contributed by atoms with E-state index >= 15 is 0 Å². The van der Waals surface area contributed by atoms with Crippen LogP contribution in [0.5, 0.6) is 5.75 Å². The Balaban J connectivity index is 1.91. The molecule has 5 atom stereocenters. The maximum Gasteiger partial charge on any atom is 0.347 e. The highest BCUT2D eigenvalue weighted by atomic mass is 35.5. The van der Waals surface area contributed by atoms with E-state index in [1.54, 1.807) is 31.2 Å². The lowest BCUT2D eigenvalue weighted by Crippen LogP contribution is -2.49. The molecule has 10 heteroatoms. The molecule has 2 amide bonds. The van der Waals surface area contributed by atoms with Gasteiger partial charge in [0.2, 0.25) is 11.8 Å². The largest absolute Gasteiger partial charge is 0.495 e. The smallest absolute Gasteiger partial charge is 0.347 e. The molecule has 0 aliphatic carbocycles. The molecule has 3 rings (SSSR count). The molecule has 1 aliphatic rings. The predicted octanol–water partition coefficient (Wildman–Crippen LogP) is 5.70. The minimum absolute atomic E-state index is 0.0650. The van der Waals surface area contributed by atoms with Crippen LogP contribution in [0.1, 0.15) is 58.6 Å². The lowest BCUT2D eigenvalue weighted by atomic mass is 9.89. The highest BCUT2D eigenvalue weighted by Gasteiger charge is 2.34. The van der Waals surface area contributed by atoms with Crippen LogP contribution in [0, 0.1) is 17.3 Å². The number of carbonyl (C=O) groups is 4. The van der Waals surface area contributed by atoms with Gasteiger partial charge in [-0.25, -0.2) is 4.79 Å². The normalized spacial score (nSPS) is 23.5. The summed E-state index contributed by atoms with van der Waals surface area (Å²) in [5.41, 5.74) is 1.33. The predicted molar refractivity (Wildman–Crippen MR) is 178 cm³/mol. The minimum atomic E-state index is -1.15. The monoisotopic (exact) mass is 652 g/mol. The Morgan fingerprint density at radius 2 is 1.76 bits per heavy atom. The van der Waals surface area contributed by atoms with E-state index in [1.807, 2.05) is 70.2 Å². The van der Waals surface area contributed by atoms with Gasteiger partial charge in [-0.3, -0.25) is 14.4 Å². The maximum atomic E-state index is 13.5. The van der Waals surface area contributed by atoms with Gasteiger partial charge in [0.1, 0.15) is 17.9 Å². The third-order valence-electron chi connectivity index (χ3n) is 7.48. The molecule has 9 nitrogen and oxygen atoms in total. The number of esters is 2. The summed E-state index contributed by atoms with van der Waals surface area (Å²) in [6.45, 7) is 9.27. The number of amides is 2. The summed E-state index contributed by atoms with van der Waals surface area (Å²) in [6.07, 6.45) is 5.59. The van der Waals surface area contributed by atoms with Gasteiger partial charge < -0.3 is 24.8 Å². The van der Waals surface area contributed by atoms with E-state index < -0.39 is 47.9 Å². The summed E-state index contributed by atoms with van der Waals surface area (Å²) in [7, 11) is 1.51. The fraction of sp³-hybridized carbons (Fsp3) is 0.444. The molecule has 1 heterocycles. The van der Waals surface area contributed by atoms with Gasteiger partial charge in [0, 0.05) is 31.7 Å². The zero-order chi connectivity index (χ0) is 33.9. The quantitative estimate of drug-likeness (QED) is 0.369. The van der Waals surface area contributed by atoms with Crippen molar-refractivity contribution in [1.82, 2.24) is 10.6 Å². The topological polar surface area (TPSA) is 120 Å². The van der Waals surface area contributed by atoms with Crippen LogP contribution in [-0.4, -0.2) is 55.7 Å². The molecular weight excluding hydrogens is 608 g/mol. The average molecular weight is 653 g/mol. The van der Waals surface area contributed by atoms with Crippen molar-refractivity contribution < 1.29 is 33.4 Å². The third kappa shape index (κ3) is 11.7. The van der Waals surface area contributed by atoms with Crippen molar-refractivity contribution in [2.75, 3.05) is 13.7 Å². The number of ether oxygens (including phenoxy) is 3. The van der Waals surface area contributed by atoms with Crippen LogP contribution < -0.4 is 15.4 Å². The number of cyclic esters (lactones) is 2. The van der Waals surface area contributed by atoms with Crippen LogP contribution >= 0.6 is 11.6 Å². The molecule has 0 aromatic heterocycles. The van der Waals surface area contributed by atoms with Crippen molar-refractivity contribution in [2.24, 2.45) is 17.3 Å². The number of benzene rings is 2. The van der Waals surface area contributed by atoms with Crippen molar-refractivity contribution in [1.29, 1.82) is 0 Å². The summed E-state index contributed by atoms with van der Waals surface area (Å²) in [5.74, 6) is -2.82. The summed E-state index contributed by atoms with van der Waals surface area (Å²) >= 11 is 6.30. The maximum absolute atomic E-state index is 13.5. The average Bonchev–Trinajstić information content (AvgIpc) is 3.00. The first-order valence-corrected chi connectivity index (χ1v) is 15.8. The summed E-state index contributed by atoms with van der Waals surface area (Å²) in [6, 6.07) is 13.9. The second-order valence-electron chi connectivity index (χ2n) is 12.8. The van der Waals surface area contributed by atoms with E-state index in [2.05, 4.69) is 10.6 Å². The number of hydrogen-bond donors (Lipinski definition) is 2. The highest BCUT2D eigenvalue weighted by molar-refractivity contribution is 6.32. The molecule has 1 unspecified atom stereocenters. The van der Waals surface area contributed by atoms with E-state index in [1.165, 1.54) is 13.2 Å². The first kappa shape index (κ1) is 36.4. The number of rotatable bonds is 7. The van der Waals surface area contributed by atoms with Crippen molar-refractivity contribution in [3.8, 4) is 5.75 Å². The van der Waals surface area contributed by atoms with Gasteiger partial charge in [-0.2, -0.15) is 0 Å². The second kappa shape index (κ2) is 17.0. The van der Waals surface area contributed by atoms with Crippen molar-refractivity contribution in [2.45, 2.75) is 72.1 Å². The van der Waals surface area contributed by atoms with Gasteiger partial charge in [-0.15, -0.1) is 0 Å². The molecule has 1 aliphatic heterocycles. The van der Waals surface area contributed by atoms with E-state index in [4.69, 9.17) is 25.8 Å². The first-order chi connectivity index (χ1) is 21.8. The molecule has 2 aromatic rings. The number of carbonyl (C=O) groups excluding carboxylic acids is 4. The molecule has 248 valence electrons. The summed E-state index contributed by atoms with van der Waals surface area (Å²) in [4.78, 5) is 53.0. The molecule has 0 fully saturated rings. The van der Waals surface area contributed by atoms with Gasteiger partial charge in [0.25, 0.3) is 0 Å². The fourth-order valence-corrected chi connectivity index (χ4v) is 5.08. The van der Waals surface area contributed by atoms with E-state index in [0.717, 1.165) is 5.56 Å². The standard InChI is InChI=1S/C36H45ClN2O7/c1-23(15-16-25-11-8-7-9-12-25)29-13-10-14-32(40)39-28(20-26-17-18-30(44-6)27(37)19-26)33(41)38-22-24(2)34(42)46-31(35(43)45-29)21-36(3,4)5/h7-12,14-19,23-24,28-29,31H,13,20-22H2,1-6H3,(H,38,41)(H,39,40)/b14-10+,16-15+/t23-,24-,28-,29?,31+/m1/s1. The Labute approximate surface area is 276 Å². The molecule has 0 saturated carbocycles. The molecule has 0 radical (unpaired) electrons. The van der Waals surface area contributed by atoms with Crippen LogP contribution in [-0.2, 0) is 35.1 Å². The molecule has 2 aromatic carbocycles. The molecule has 0 spiro atoms. The zero-order valence-corrected chi connectivity index (χ0v) is 28.1. The van der Waals surface area contributed by atoms with Crippen molar-refractivity contribution in [3.63, 3.8) is 0 Å². The van der Waals surface area contributed by atoms with E-state index in [9.17, 15) is 19.2 Å². The lowest BCUT2D eigenvalue weighted by Gasteiger charge is -2.29. The first-order valence-electron chi connectivity index (χ1n) is 15.5. The Hall–Kier alpha value is -4.11. The molecule has 46 heavy (non-hydrogen) atoms. The Morgan fingerprint density at radius 3 is 2.41 bits per heavy atom. The fourth-order valence-electron chi connectivity index (χ4n) is 4.80. The van der Waals surface area contributed by atoms with Crippen LogP contribution in [0.25, 0.3) is 6.08 Å². The minimum Gasteiger partial charge on any atom is -0.495 e. The zero-order valence-electron chi connectivity index (χ0n) is 27.4. The molecule has 0 saturated heterocycles. The second-order valence-corrected chi connectivity index (χ2v) is 13.2. The van der Waals surface area contributed by atoms with Gasteiger partial charge in [0.05, 0.1) is 18.1 Å². The molecular formula is C36H45ClN2O7. The Kier molecular flexibility index (Phi) is 13.4. The number of methoxy groups -OCH3 is 1. The summed E-state index contributed by atoms with van der Waals surface area (Å²) in [5, 5.41) is 5.86. The SMILES string of the molecule is COc1ccc(C[C@H]2NC(=O)/C=C/CC([C@H](C)/C=C/c3ccccc3)OC(=O)[C@H](CC(C)(C)C)OC(=O)[C@H](C)CNC2=O)cc1Cl. The van der Waals surface area contributed by atoms with Crippen molar-refractivity contribution in [3.05, 3.63) is 82.9 Å². The van der Waals surface area contributed by atoms with Gasteiger partial charge in [-0.1, -0.05) is 101 Å².